The van der Waals surface area contributed by atoms with Gasteiger partial charge in [0.25, 0.3) is 0 Å². The summed E-state index contributed by atoms with van der Waals surface area (Å²) in [6.07, 6.45) is 0. The number of carbonyl (C=O) groups is 2. The molecule has 3 N–H and O–H groups in total. The fourth-order valence-corrected chi connectivity index (χ4v) is 3.63. The fourth-order valence-electron chi connectivity index (χ4n) is 3.47. The molecule has 1 aliphatic rings. The van der Waals surface area contributed by atoms with Crippen molar-refractivity contribution in [3.05, 3.63) is 81.5 Å². The summed E-state index contributed by atoms with van der Waals surface area (Å²) in [5.41, 5.74) is 5.74. The number of benzene rings is 2. The number of ether oxygens (including phenoxy) is 2. The number of allylic oxidation sites excluding steroid dienone is 1. The van der Waals surface area contributed by atoms with E-state index in [1.807, 2.05) is 6.07 Å². The maximum absolute atomic E-state index is 13.8. The maximum Gasteiger partial charge on any atom is 0.355 e. The highest BCUT2D eigenvalue weighted by Crippen LogP contribution is 2.45. The van der Waals surface area contributed by atoms with Gasteiger partial charge in [-0.2, -0.15) is 5.26 Å². The molecule has 0 saturated carbocycles. The van der Waals surface area contributed by atoms with Crippen molar-refractivity contribution in [2.45, 2.75) is 5.92 Å². The van der Waals surface area contributed by atoms with E-state index in [9.17, 15) is 24.3 Å². The third-order valence-corrected chi connectivity index (χ3v) is 5.16. The van der Waals surface area contributed by atoms with E-state index >= 15 is 0 Å². The van der Waals surface area contributed by atoms with Crippen molar-refractivity contribution in [2.75, 3.05) is 19.1 Å². The molecule has 0 amide bonds. The number of methoxy groups -OCH3 is 2. The molecule has 3 rings (SSSR count). The number of nitrogens with zero attached hydrogens (tertiary/aromatic N) is 2. The van der Waals surface area contributed by atoms with Crippen molar-refractivity contribution in [2.24, 2.45) is 5.73 Å². The summed E-state index contributed by atoms with van der Waals surface area (Å²) in [5.74, 6) is -4.87. The zero-order valence-electron chi connectivity index (χ0n) is 16.9. The molecule has 0 bridgehead atoms. The zero-order valence-corrected chi connectivity index (χ0v) is 17.7. The topological polar surface area (TPSA) is 126 Å². The second kappa shape index (κ2) is 8.99. The lowest BCUT2D eigenvalue weighted by Crippen LogP contribution is -2.40. The minimum absolute atomic E-state index is 0.107. The van der Waals surface area contributed by atoms with Crippen molar-refractivity contribution in [1.82, 2.24) is 0 Å². The van der Waals surface area contributed by atoms with Crippen LogP contribution in [-0.2, 0) is 19.1 Å². The van der Waals surface area contributed by atoms with E-state index in [0.29, 0.717) is 11.6 Å². The lowest BCUT2D eigenvalue weighted by atomic mass is 9.81. The maximum atomic E-state index is 13.8. The molecule has 164 valence electrons. The summed E-state index contributed by atoms with van der Waals surface area (Å²) in [6.45, 7) is 0. The Hall–Kier alpha value is -4.03. The number of hydrogen-bond donors (Lipinski definition) is 2. The largest absolute Gasteiger partial charge is 0.506 e. The first kappa shape index (κ1) is 22.7. The molecule has 0 aromatic heterocycles. The van der Waals surface area contributed by atoms with Crippen LogP contribution in [0.3, 0.4) is 0 Å². The first-order valence-corrected chi connectivity index (χ1v) is 9.48. The summed E-state index contributed by atoms with van der Waals surface area (Å²) in [7, 11) is 2.19. The van der Waals surface area contributed by atoms with Crippen LogP contribution in [0.2, 0.25) is 5.02 Å². The molecule has 32 heavy (non-hydrogen) atoms. The molecule has 8 nitrogen and oxygen atoms in total. The molecule has 1 unspecified atom stereocenters. The van der Waals surface area contributed by atoms with Gasteiger partial charge in [0.05, 0.1) is 48.1 Å². The number of halogens is 2. The van der Waals surface area contributed by atoms with E-state index in [0.717, 1.165) is 25.2 Å². The van der Waals surface area contributed by atoms with Gasteiger partial charge in [-0.25, -0.2) is 14.0 Å². The fraction of sp³-hybridized carbons (Fsp3) is 0.136. The molecule has 0 aliphatic carbocycles. The van der Waals surface area contributed by atoms with Gasteiger partial charge in [-0.3, -0.25) is 4.90 Å². The number of rotatable bonds is 4. The van der Waals surface area contributed by atoms with Crippen LogP contribution in [0.4, 0.5) is 10.1 Å². The molecule has 0 fully saturated rings. The normalized spacial score (nSPS) is 16.0. The smallest absolute Gasteiger partial charge is 0.355 e. The van der Waals surface area contributed by atoms with Crippen LogP contribution >= 0.6 is 11.6 Å². The number of anilines is 1. The van der Waals surface area contributed by atoms with Gasteiger partial charge in [-0.1, -0.05) is 41.9 Å². The molecule has 0 radical (unpaired) electrons. The molecule has 10 heteroatoms. The Kier molecular flexibility index (Phi) is 6.37. The average Bonchev–Trinajstić information content (AvgIpc) is 2.80. The summed E-state index contributed by atoms with van der Waals surface area (Å²) in [5, 5.41) is 19.9. The van der Waals surface area contributed by atoms with Gasteiger partial charge in [0.15, 0.2) is 0 Å². The van der Waals surface area contributed by atoms with Gasteiger partial charge in [0.1, 0.15) is 23.1 Å². The highest BCUT2D eigenvalue weighted by atomic mass is 35.5. The van der Waals surface area contributed by atoms with Gasteiger partial charge >= 0.3 is 11.9 Å². The first-order chi connectivity index (χ1) is 15.3. The third-order valence-electron chi connectivity index (χ3n) is 4.87. The minimum Gasteiger partial charge on any atom is -0.506 e. The van der Waals surface area contributed by atoms with Crippen LogP contribution in [0.25, 0.3) is 0 Å². The lowest BCUT2D eigenvalue weighted by Gasteiger charge is -2.36. The molecule has 0 saturated heterocycles. The van der Waals surface area contributed by atoms with Gasteiger partial charge < -0.3 is 20.3 Å². The van der Waals surface area contributed by atoms with E-state index < -0.39 is 40.1 Å². The van der Waals surface area contributed by atoms with Crippen LogP contribution in [-0.4, -0.2) is 31.3 Å². The van der Waals surface area contributed by atoms with Crippen molar-refractivity contribution in [3.8, 4) is 11.8 Å². The molecule has 1 atom stereocenters. The van der Waals surface area contributed by atoms with E-state index in [2.05, 4.69) is 0 Å². The summed E-state index contributed by atoms with van der Waals surface area (Å²) in [4.78, 5) is 26.7. The molecular weight excluding hydrogens is 441 g/mol. The molecule has 1 heterocycles. The second-order valence-corrected chi connectivity index (χ2v) is 7.00. The second-order valence-electron chi connectivity index (χ2n) is 6.59. The molecule has 2 aromatic rings. The summed E-state index contributed by atoms with van der Waals surface area (Å²) < 4.78 is 23.6. The zero-order chi connectivity index (χ0) is 23.6. The van der Waals surface area contributed by atoms with Crippen LogP contribution in [0.15, 0.2) is 65.1 Å². The number of carbonyl (C=O) groups excluding carboxylic acids is 2. The average molecular weight is 458 g/mol. The van der Waals surface area contributed by atoms with Crippen LogP contribution in [0.5, 0.6) is 5.75 Å². The minimum atomic E-state index is -1.07. The van der Waals surface area contributed by atoms with Crippen LogP contribution < -0.4 is 10.6 Å². The highest BCUT2D eigenvalue weighted by Gasteiger charge is 2.43. The van der Waals surface area contributed by atoms with E-state index in [1.165, 1.54) is 0 Å². The Morgan fingerprint density at radius 2 is 1.81 bits per heavy atom. The van der Waals surface area contributed by atoms with Crippen molar-refractivity contribution < 1.29 is 28.6 Å². The van der Waals surface area contributed by atoms with Gasteiger partial charge in [-0.15, -0.1) is 0 Å². The van der Waals surface area contributed by atoms with Crippen molar-refractivity contribution >= 4 is 29.2 Å². The molecule has 1 aliphatic heterocycles. The summed E-state index contributed by atoms with van der Waals surface area (Å²) in [6, 6.07) is 12.1. The summed E-state index contributed by atoms with van der Waals surface area (Å²) >= 11 is 5.88. The Labute approximate surface area is 187 Å². The highest BCUT2D eigenvalue weighted by molar-refractivity contribution is 6.31. The SMILES string of the molecule is COC(=O)C1=C(C(=O)OC)N(c2cc(Cl)c(F)cc2O)C(N)=C(C#N)C1c1ccccc1. The number of phenolic OH excluding ortho intramolecular Hbond substituents is 1. The lowest BCUT2D eigenvalue weighted by molar-refractivity contribution is -0.139. The molecule has 2 aromatic carbocycles. The van der Waals surface area contributed by atoms with E-state index in [4.69, 9.17) is 26.8 Å². The Balaban J connectivity index is 2.46. The first-order valence-electron chi connectivity index (χ1n) is 9.10. The van der Waals surface area contributed by atoms with Crippen LogP contribution in [0.1, 0.15) is 11.5 Å². The number of aromatic hydroxyl groups is 1. The number of esters is 2. The number of nitriles is 1. The third kappa shape index (κ3) is 3.72. The number of hydrogen-bond acceptors (Lipinski definition) is 8. The monoisotopic (exact) mass is 457 g/mol. The van der Waals surface area contributed by atoms with Gasteiger partial charge in [-0.05, 0) is 11.6 Å². The van der Waals surface area contributed by atoms with E-state index in [1.54, 1.807) is 30.3 Å². The standard InChI is InChI=1S/C22H17ClFN3O5/c1-31-21(29)18-17(11-6-4-3-5-7-11)12(10-25)20(26)27(19(18)22(30)32-2)15-8-13(23)14(24)9-16(15)28/h3-9,17,28H,26H2,1-2H3. The van der Waals surface area contributed by atoms with Gasteiger partial charge in [0, 0.05) is 6.07 Å². The quantitative estimate of drug-likeness (QED) is 0.671. The van der Waals surface area contributed by atoms with Crippen LogP contribution in [0, 0.1) is 17.1 Å². The molecule has 0 spiro atoms. The Bertz CT molecular complexity index is 1200. The predicted molar refractivity (Wildman–Crippen MR) is 113 cm³/mol. The van der Waals surface area contributed by atoms with Crippen molar-refractivity contribution in [3.63, 3.8) is 0 Å². The Morgan fingerprint density at radius 3 is 2.38 bits per heavy atom. The van der Waals surface area contributed by atoms with Crippen molar-refractivity contribution in [1.29, 1.82) is 5.26 Å². The van der Waals surface area contributed by atoms with E-state index in [-0.39, 0.29) is 22.7 Å². The number of phenols is 1. The van der Waals surface area contributed by atoms with Gasteiger partial charge in [0.2, 0.25) is 0 Å². The molecular formula is C22H17ClFN3O5. The Morgan fingerprint density at radius 1 is 1.19 bits per heavy atom. The predicted octanol–water partition coefficient (Wildman–Crippen LogP) is 3.08. The number of nitrogens with two attached hydrogens (primary N) is 1.